The summed E-state index contributed by atoms with van der Waals surface area (Å²) in [6.07, 6.45) is 2.75. The Kier molecular flexibility index (Phi) is 4.61. The van der Waals surface area contributed by atoms with E-state index in [9.17, 15) is 9.18 Å². The second-order valence-electron chi connectivity index (χ2n) is 8.31. The smallest absolute Gasteiger partial charge is 0.226 e. The number of halogens is 1. The summed E-state index contributed by atoms with van der Waals surface area (Å²) >= 11 is 0. The molecule has 158 valence electrons. The standard InChI is InChI=1S/C24H24FN5O/c1-2-13-5-7-16(25)10-18(13)15-6-8-17(19(26)9-15)22(27)23-28-20-11-30(12-21(20)29-23)24(31)14-3-4-14/h5-10,14,27H,2-4,11-12,26H2,1H3,(H,28,29). The number of benzene rings is 2. The minimum Gasteiger partial charge on any atom is -0.398 e. The van der Waals surface area contributed by atoms with Gasteiger partial charge in [0.15, 0.2) is 5.82 Å². The fraction of sp³-hybridized carbons (Fsp3) is 0.292. The number of nitrogens with one attached hydrogen (secondary N) is 2. The number of hydrogen-bond acceptors (Lipinski definition) is 4. The van der Waals surface area contributed by atoms with Crippen molar-refractivity contribution in [2.45, 2.75) is 39.3 Å². The van der Waals surface area contributed by atoms with Gasteiger partial charge in [0.05, 0.1) is 24.5 Å². The highest BCUT2D eigenvalue weighted by molar-refractivity contribution is 6.12. The van der Waals surface area contributed by atoms with Gasteiger partial charge in [-0.3, -0.25) is 10.2 Å². The molecule has 1 aliphatic carbocycles. The molecule has 0 atom stereocenters. The molecule has 1 amide bonds. The number of fused-ring (bicyclic) bond motifs is 1. The molecule has 0 saturated heterocycles. The molecule has 7 heteroatoms. The molecule has 2 heterocycles. The molecule has 0 unspecified atom stereocenters. The van der Waals surface area contributed by atoms with Crippen molar-refractivity contribution in [1.82, 2.24) is 14.9 Å². The van der Waals surface area contributed by atoms with Gasteiger partial charge in [-0.25, -0.2) is 9.37 Å². The third kappa shape index (κ3) is 3.50. The van der Waals surface area contributed by atoms with Crippen molar-refractivity contribution in [2.75, 3.05) is 5.73 Å². The normalized spacial score (nSPS) is 15.2. The Morgan fingerprint density at radius 2 is 2.06 bits per heavy atom. The monoisotopic (exact) mass is 417 g/mol. The van der Waals surface area contributed by atoms with Crippen LogP contribution in [0.2, 0.25) is 0 Å². The number of nitrogens with two attached hydrogens (primary N) is 1. The number of aromatic nitrogens is 2. The predicted octanol–water partition coefficient (Wildman–Crippen LogP) is 4.03. The first kappa shape index (κ1) is 19.5. The van der Waals surface area contributed by atoms with Crippen molar-refractivity contribution >= 4 is 17.3 Å². The second-order valence-corrected chi connectivity index (χ2v) is 8.31. The number of rotatable bonds is 5. The van der Waals surface area contributed by atoms with Crippen LogP contribution in [-0.2, 0) is 24.3 Å². The highest BCUT2D eigenvalue weighted by Crippen LogP contribution is 2.34. The predicted molar refractivity (Wildman–Crippen MR) is 117 cm³/mol. The van der Waals surface area contributed by atoms with E-state index in [1.54, 1.807) is 18.2 Å². The molecule has 3 aromatic rings. The number of nitrogen functional groups attached to an aromatic ring is 1. The van der Waals surface area contributed by atoms with Crippen LogP contribution >= 0.6 is 0 Å². The van der Waals surface area contributed by atoms with Crippen molar-refractivity contribution in [1.29, 1.82) is 5.41 Å². The fourth-order valence-corrected chi connectivity index (χ4v) is 4.21. The van der Waals surface area contributed by atoms with E-state index in [4.69, 9.17) is 11.1 Å². The zero-order valence-corrected chi connectivity index (χ0v) is 17.3. The number of anilines is 1. The van der Waals surface area contributed by atoms with Gasteiger partial charge >= 0.3 is 0 Å². The Labute approximate surface area is 179 Å². The van der Waals surface area contributed by atoms with Gasteiger partial charge in [0.2, 0.25) is 5.91 Å². The average molecular weight is 417 g/mol. The van der Waals surface area contributed by atoms with E-state index in [2.05, 4.69) is 9.97 Å². The van der Waals surface area contributed by atoms with E-state index in [1.807, 2.05) is 17.9 Å². The molecular formula is C24H24FN5O. The maximum absolute atomic E-state index is 13.8. The van der Waals surface area contributed by atoms with E-state index in [1.165, 1.54) is 12.1 Å². The van der Waals surface area contributed by atoms with Crippen molar-refractivity contribution in [2.24, 2.45) is 5.92 Å². The number of H-pyrrole nitrogens is 1. The summed E-state index contributed by atoms with van der Waals surface area (Å²) in [4.78, 5) is 21.9. The number of carbonyl (C=O) groups is 1. The Hall–Kier alpha value is -3.48. The Bertz CT molecular complexity index is 1190. The largest absolute Gasteiger partial charge is 0.398 e. The van der Waals surface area contributed by atoms with Crippen molar-refractivity contribution in [3.63, 3.8) is 0 Å². The molecular weight excluding hydrogens is 393 g/mol. The van der Waals surface area contributed by atoms with Gasteiger partial charge in [0.25, 0.3) is 0 Å². The van der Waals surface area contributed by atoms with Gasteiger partial charge in [-0.05, 0) is 54.2 Å². The molecule has 6 nitrogen and oxygen atoms in total. The molecule has 1 saturated carbocycles. The van der Waals surface area contributed by atoms with Gasteiger partial charge in [-0.1, -0.05) is 25.1 Å². The quantitative estimate of drug-likeness (QED) is 0.432. The lowest BCUT2D eigenvalue weighted by Crippen LogP contribution is -2.27. The number of aromatic amines is 1. The summed E-state index contributed by atoms with van der Waals surface area (Å²) in [5.74, 6) is 0.544. The summed E-state index contributed by atoms with van der Waals surface area (Å²) in [6.45, 7) is 3.03. The minimum atomic E-state index is -0.290. The molecule has 1 aromatic heterocycles. The van der Waals surface area contributed by atoms with E-state index >= 15 is 0 Å². The molecule has 5 rings (SSSR count). The first-order chi connectivity index (χ1) is 14.9. The Balaban J connectivity index is 1.38. The maximum atomic E-state index is 13.8. The SMILES string of the molecule is CCc1ccc(F)cc1-c1ccc(C(=N)c2nc3c([nH]2)CN(C(=O)C2CC2)C3)c(N)c1. The molecule has 2 aromatic carbocycles. The summed E-state index contributed by atoms with van der Waals surface area (Å²) in [5, 5.41) is 8.61. The van der Waals surface area contributed by atoms with Crippen LogP contribution in [-0.4, -0.2) is 26.5 Å². The lowest BCUT2D eigenvalue weighted by atomic mass is 9.95. The molecule has 0 bridgehead atoms. The fourth-order valence-electron chi connectivity index (χ4n) is 4.21. The van der Waals surface area contributed by atoms with Crippen LogP contribution in [0.5, 0.6) is 0 Å². The number of hydrogen-bond donors (Lipinski definition) is 3. The van der Waals surface area contributed by atoms with E-state index in [0.717, 1.165) is 47.3 Å². The Morgan fingerprint density at radius 3 is 2.74 bits per heavy atom. The van der Waals surface area contributed by atoms with Crippen molar-refractivity contribution in [3.05, 3.63) is 70.6 Å². The average Bonchev–Trinajstić information content (AvgIpc) is 3.42. The van der Waals surface area contributed by atoms with Crippen LogP contribution in [0, 0.1) is 17.1 Å². The molecule has 0 spiro atoms. The zero-order chi connectivity index (χ0) is 21.7. The summed E-state index contributed by atoms with van der Waals surface area (Å²) in [6, 6.07) is 10.2. The zero-order valence-electron chi connectivity index (χ0n) is 17.3. The summed E-state index contributed by atoms with van der Waals surface area (Å²) in [7, 11) is 0. The van der Waals surface area contributed by atoms with Crippen molar-refractivity contribution in [3.8, 4) is 11.1 Å². The number of nitrogens with zero attached hydrogens (tertiary/aromatic N) is 2. The van der Waals surface area contributed by atoms with Gasteiger partial charge in [-0.2, -0.15) is 0 Å². The van der Waals surface area contributed by atoms with Gasteiger partial charge in [-0.15, -0.1) is 0 Å². The molecule has 31 heavy (non-hydrogen) atoms. The lowest BCUT2D eigenvalue weighted by molar-refractivity contribution is -0.133. The Morgan fingerprint density at radius 1 is 1.26 bits per heavy atom. The first-order valence-corrected chi connectivity index (χ1v) is 10.6. The highest BCUT2D eigenvalue weighted by atomic mass is 19.1. The number of imidazole rings is 1. The third-order valence-electron chi connectivity index (χ3n) is 6.11. The van der Waals surface area contributed by atoms with Gasteiger partial charge < -0.3 is 15.6 Å². The summed E-state index contributed by atoms with van der Waals surface area (Å²) in [5.41, 5.74) is 11.9. The van der Waals surface area contributed by atoms with Crippen LogP contribution in [0.1, 0.15) is 48.1 Å². The number of aryl methyl sites for hydroxylation is 1. The number of carbonyl (C=O) groups excluding carboxylic acids is 1. The topological polar surface area (TPSA) is 98.9 Å². The van der Waals surface area contributed by atoms with Gasteiger partial charge in [0.1, 0.15) is 11.5 Å². The molecule has 4 N–H and O–H groups in total. The van der Waals surface area contributed by atoms with Crippen molar-refractivity contribution < 1.29 is 9.18 Å². The van der Waals surface area contributed by atoms with Gasteiger partial charge in [0, 0.05) is 17.2 Å². The summed E-state index contributed by atoms with van der Waals surface area (Å²) < 4.78 is 13.8. The molecule has 1 fully saturated rings. The molecule has 1 aliphatic heterocycles. The van der Waals surface area contributed by atoms with Crippen LogP contribution in [0.3, 0.4) is 0 Å². The van der Waals surface area contributed by atoms with E-state index < -0.39 is 0 Å². The third-order valence-corrected chi connectivity index (χ3v) is 6.11. The minimum absolute atomic E-state index is 0.186. The van der Waals surface area contributed by atoms with E-state index in [-0.39, 0.29) is 23.4 Å². The van der Waals surface area contributed by atoms with Crippen LogP contribution in [0.15, 0.2) is 36.4 Å². The number of amides is 1. The lowest BCUT2D eigenvalue weighted by Gasteiger charge is -2.15. The second kappa shape index (κ2) is 7.34. The van der Waals surface area contributed by atoms with Crippen LogP contribution in [0.4, 0.5) is 10.1 Å². The first-order valence-electron chi connectivity index (χ1n) is 10.6. The highest BCUT2D eigenvalue weighted by Gasteiger charge is 2.37. The molecule has 2 aliphatic rings. The maximum Gasteiger partial charge on any atom is 0.226 e. The van der Waals surface area contributed by atoms with E-state index in [0.29, 0.717) is 30.2 Å². The van der Waals surface area contributed by atoms with Crippen LogP contribution in [0.25, 0.3) is 11.1 Å². The molecule has 0 radical (unpaired) electrons. The van der Waals surface area contributed by atoms with Crippen LogP contribution < -0.4 is 5.73 Å².